The summed E-state index contributed by atoms with van der Waals surface area (Å²) in [5, 5.41) is 11.0. The molecule has 1 aliphatic rings. The maximum atomic E-state index is 13.1. The average molecular weight is 362 g/mol. The number of amides is 2. The van der Waals surface area contributed by atoms with Gasteiger partial charge in [-0.25, -0.2) is 0 Å². The number of hydrogen-bond acceptors (Lipinski definition) is 3. The van der Waals surface area contributed by atoms with Crippen molar-refractivity contribution in [2.75, 3.05) is 13.1 Å². The number of para-hydroxylation sites is 1. The van der Waals surface area contributed by atoms with Gasteiger partial charge in [-0.3, -0.25) is 14.7 Å². The summed E-state index contributed by atoms with van der Waals surface area (Å²) in [4.78, 5) is 26.6. The number of aromatic amines is 1. The fraction of sp³-hybridized carbons (Fsp3) is 0.286. The number of likely N-dealkylation sites (tertiary alicyclic amines) is 1. The Kier molecular flexibility index (Phi) is 4.39. The summed E-state index contributed by atoms with van der Waals surface area (Å²) in [6.07, 6.45) is 0. The van der Waals surface area contributed by atoms with E-state index in [4.69, 9.17) is 0 Å². The molecule has 2 N–H and O–H groups in total. The highest BCUT2D eigenvalue weighted by Gasteiger charge is 2.37. The molecule has 0 spiro atoms. The minimum absolute atomic E-state index is 0.0589. The molecule has 1 aliphatic heterocycles. The third-order valence-electron chi connectivity index (χ3n) is 5.17. The van der Waals surface area contributed by atoms with E-state index in [2.05, 4.69) is 39.8 Å². The lowest BCUT2D eigenvalue weighted by Gasteiger charge is -2.19. The van der Waals surface area contributed by atoms with Gasteiger partial charge in [-0.05, 0) is 18.6 Å². The van der Waals surface area contributed by atoms with Gasteiger partial charge in [-0.1, -0.05) is 48.0 Å². The van der Waals surface area contributed by atoms with E-state index in [0.29, 0.717) is 18.8 Å². The number of rotatable bonds is 3. The maximum absolute atomic E-state index is 13.1. The third-order valence-corrected chi connectivity index (χ3v) is 5.17. The van der Waals surface area contributed by atoms with Crippen LogP contribution in [-0.2, 0) is 4.79 Å². The lowest BCUT2D eigenvalue weighted by molar-refractivity contribution is -0.119. The normalized spacial score (nSPS) is 19.4. The van der Waals surface area contributed by atoms with Gasteiger partial charge in [-0.15, -0.1) is 0 Å². The summed E-state index contributed by atoms with van der Waals surface area (Å²) in [6, 6.07) is 15.8. The first kappa shape index (κ1) is 17.3. The summed E-state index contributed by atoms with van der Waals surface area (Å²) >= 11 is 0. The Bertz CT molecular complexity index is 993. The number of fused-ring (bicyclic) bond motifs is 1. The van der Waals surface area contributed by atoms with Crippen molar-refractivity contribution in [2.24, 2.45) is 0 Å². The van der Waals surface area contributed by atoms with Crippen LogP contribution >= 0.6 is 0 Å². The molecule has 1 fully saturated rings. The number of nitrogens with zero attached hydrogens (tertiary/aromatic N) is 2. The lowest BCUT2D eigenvalue weighted by Crippen LogP contribution is -2.39. The molecule has 6 nitrogen and oxygen atoms in total. The van der Waals surface area contributed by atoms with Gasteiger partial charge < -0.3 is 10.2 Å². The molecule has 2 atom stereocenters. The molecule has 0 radical (unpaired) electrons. The van der Waals surface area contributed by atoms with E-state index in [9.17, 15) is 9.59 Å². The summed E-state index contributed by atoms with van der Waals surface area (Å²) < 4.78 is 0. The van der Waals surface area contributed by atoms with Crippen LogP contribution in [0.2, 0.25) is 0 Å². The second kappa shape index (κ2) is 6.87. The van der Waals surface area contributed by atoms with Crippen LogP contribution in [0.25, 0.3) is 10.9 Å². The standard InChI is InChI=1S/C21H22N4O2/c1-13-7-9-15(10-8-13)17-11-25(12-19(17)22-14(2)26)21(27)20-16-5-3-4-6-18(16)23-24-20/h3-10,17,19H,11-12H2,1-2H3,(H,22,26)(H,23,24). The van der Waals surface area contributed by atoms with E-state index >= 15 is 0 Å². The summed E-state index contributed by atoms with van der Waals surface area (Å²) in [5.41, 5.74) is 3.58. The fourth-order valence-electron chi connectivity index (χ4n) is 3.80. The zero-order valence-corrected chi connectivity index (χ0v) is 15.4. The van der Waals surface area contributed by atoms with Gasteiger partial charge in [0, 0.05) is 31.3 Å². The van der Waals surface area contributed by atoms with Gasteiger partial charge in [-0.2, -0.15) is 5.10 Å². The molecule has 0 bridgehead atoms. The smallest absolute Gasteiger partial charge is 0.275 e. The zero-order chi connectivity index (χ0) is 19.0. The molecular weight excluding hydrogens is 340 g/mol. The maximum Gasteiger partial charge on any atom is 0.275 e. The first-order valence-corrected chi connectivity index (χ1v) is 9.09. The van der Waals surface area contributed by atoms with Gasteiger partial charge in [0.25, 0.3) is 5.91 Å². The molecule has 0 saturated carbocycles. The van der Waals surface area contributed by atoms with Gasteiger partial charge >= 0.3 is 0 Å². The SMILES string of the molecule is CC(=O)NC1CN(C(=O)c2n[nH]c3ccccc23)CC1c1ccc(C)cc1. The molecule has 0 aliphatic carbocycles. The highest BCUT2D eigenvalue weighted by molar-refractivity contribution is 6.04. The monoisotopic (exact) mass is 362 g/mol. The number of aryl methyl sites for hydroxylation is 1. The highest BCUT2D eigenvalue weighted by atomic mass is 16.2. The van der Waals surface area contributed by atoms with Crippen LogP contribution in [-0.4, -0.2) is 46.0 Å². The Morgan fingerprint density at radius 2 is 1.85 bits per heavy atom. The van der Waals surface area contributed by atoms with Crippen molar-refractivity contribution in [1.82, 2.24) is 20.4 Å². The largest absolute Gasteiger partial charge is 0.351 e. The Hall–Kier alpha value is -3.15. The molecule has 2 aromatic carbocycles. The number of benzene rings is 2. The molecule has 2 unspecified atom stereocenters. The van der Waals surface area contributed by atoms with Crippen LogP contribution in [0.5, 0.6) is 0 Å². The predicted molar refractivity (Wildman–Crippen MR) is 104 cm³/mol. The number of H-pyrrole nitrogens is 1. The molecule has 1 aromatic heterocycles. The van der Waals surface area contributed by atoms with Gasteiger partial charge in [0.15, 0.2) is 5.69 Å². The van der Waals surface area contributed by atoms with Crippen molar-refractivity contribution >= 4 is 22.7 Å². The van der Waals surface area contributed by atoms with Crippen LogP contribution in [0.15, 0.2) is 48.5 Å². The van der Waals surface area contributed by atoms with E-state index in [1.165, 1.54) is 12.5 Å². The van der Waals surface area contributed by atoms with E-state index in [0.717, 1.165) is 16.5 Å². The number of carbonyl (C=O) groups is 2. The first-order chi connectivity index (χ1) is 13.0. The predicted octanol–water partition coefficient (Wildman–Crippen LogP) is 2.62. The Morgan fingerprint density at radius 1 is 1.11 bits per heavy atom. The summed E-state index contributed by atoms with van der Waals surface area (Å²) in [5.74, 6) is -0.141. The molecule has 4 rings (SSSR count). The van der Waals surface area contributed by atoms with E-state index in [-0.39, 0.29) is 23.8 Å². The average Bonchev–Trinajstić information content (AvgIpc) is 3.26. The minimum Gasteiger partial charge on any atom is -0.351 e. The summed E-state index contributed by atoms with van der Waals surface area (Å²) in [6.45, 7) is 4.58. The fourth-order valence-corrected chi connectivity index (χ4v) is 3.80. The Balaban J connectivity index is 1.63. The molecule has 2 amide bonds. The van der Waals surface area contributed by atoms with Crippen molar-refractivity contribution < 1.29 is 9.59 Å². The molecule has 27 heavy (non-hydrogen) atoms. The van der Waals surface area contributed by atoms with Crippen LogP contribution in [0.4, 0.5) is 0 Å². The van der Waals surface area contributed by atoms with Crippen molar-refractivity contribution in [3.05, 3.63) is 65.4 Å². The van der Waals surface area contributed by atoms with E-state index in [1.807, 2.05) is 31.2 Å². The van der Waals surface area contributed by atoms with Crippen molar-refractivity contribution in [3.8, 4) is 0 Å². The highest BCUT2D eigenvalue weighted by Crippen LogP contribution is 2.30. The van der Waals surface area contributed by atoms with E-state index < -0.39 is 0 Å². The molecule has 138 valence electrons. The molecule has 6 heteroatoms. The van der Waals surface area contributed by atoms with Gasteiger partial charge in [0.1, 0.15) is 0 Å². The Morgan fingerprint density at radius 3 is 2.59 bits per heavy atom. The molecule has 1 saturated heterocycles. The van der Waals surface area contributed by atoms with E-state index in [1.54, 1.807) is 4.90 Å². The minimum atomic E-state index is -0.114. The van der Waals surface area contributed by atoms with Crippen LogP contribution in [0, 0.1) is 6.92 Å². The Labute approximate surface area is 157 Å². The third kappa shape index (κ3) is 3.30. The van der Waals surface area contributed by atoms with Crippen molar-refractivity contribution in [1.29, 1.82) is 0 Å². The van der Waals surface area contributed by atoms with Crippen LogP contribution < -0.4 is 5.32 Å². The lowest BCUT2D eigenvalue weighted by atomic mass is 9.93. The van der Waals surface area contributed by atoms with Gasteiger partial charge in [0.05, 0.1) is 11.6 Å². The van der Waals surface area contributed by atoms with Crippen LogP contribution in [0.3, 0.4) is 0 Å². The van der Waals surface area contributed by atoms with Crippen molar-refractivity contribution in [2.45, 2.75) is 25.8 Å². The first-order valence-electron chi connectivity index (χ1n) is 9.09. The van der Waals surface area contributed by atoms with Crippen LogP contribution in [0.1, 0.15) is 34.5 Å². The topological polar surface area (TPSA) is 78.1 Å². The number of hydrogen-bond donors (Lipinski definition) is 2. The zero-order valence-electron chi connectivity index (χ0n) is 15.4. The second-order valence-electron chi connectivity index (χ2n) is 7.15. The quantitative estimate of drug-likeness (QED) is 0.752. The second-order valence-corrected chi connectivity index (χ2v) is 7.15. The number of aromatic nitrogens is 2. The van der Waals surface area contributed by atoms with Gasteiger partial charge in [0.2, 0.25) is 5.91 Å². The summed E-state index contributed by atoms with van der Waals surface area (Å²) in [7, 11) is 0. The molecule has 2 heterocycles. The van der Waals surface area contributed by atoms with Crippen molar-refractivity contribution in [3.63, 3.8) is 0 Å². The number of carbonyl (C=O) groups excluding carboxylic acids is 2. The molecule has 3 aromatic rings. The molecular formula is C21H22N4O2. The number of nitrogens with one attached hydrogen (secondary N) is 2.